The molecule has 1 atom stereocenters. The van der Waals surface area contributed by atoms with Gasteiger partial charge in [-0.15, -0.1) is 0 Å². The van der Waals surface area contributed by atoms with E-state index in [0.29, 0.717) is 13.0 Å². The second kappa shape index (κ2) is 7.60. The Bertz CT molecular complexity index is 578. The second-order valence-electron chi connectivity index (χ2n) is 5.17. The van der Waals surface area contributed by atoms with Crippen molar-refractivity contribution in [3.05, 3.63) is 71.3 Å². The summed E-state index contributed by atoms with van der Waals surface area (Å²) in [6, 6.07) is 17.6. The summed E-state index contributed by atoms with van der Waals surface area (Å²) >= 11 is 0. The maximum atomic E-state index is 11.4. The van der Waals surface area contributed by atoms with Crippen molar-refractivity contribution in [3.63, 3.8) is 0 Å². The minimum Gasteiger partial charge on any atom is -0.481 e. The molecule has 3 heteroatoms. The van der Waals surface area contributed by atoms with E-state index in [4.69, 9.17) is 4.74 Å². The van der Waals surface area contributed by atoms with Gasteiger partial charge in [0.15, 0.2) is 0 Å². The van der Waals surface area contributed by atoms with Crippen LogP contribution in [0.1, 0.15) is 16.7 Å². The molecule has 0 saturated carbocycles. The highest BCUT2D eigenvalue weighted by atomic mass is 16.5. The van der Waals surface area contributed by atoms with Crippen molar-refractivity contribution in [2.24, 2.45) is 5.92 Å². The molecule has 2 aromatic carbocycles. The molecule has 110 valence electrons. The van der Waals surface area contributed by atoms with Gasteiger partial charge in [0.05, 0.1) is 19.1 Å². The number of aryl methyl sites for hydroxylation is 1. The largest absolute Gasteiger partial charge is 0.481 e. The summed E-state index contributed by atoms with van der Waals surface area (Å²) in [6.07, 6.45) is 0.497. The first-order chi connectivity index (χ1) is 10.2. The Morgan fingerprint density at radius 2 is 1.76 bits per heavy atom. The molecule has 0 spiro atoms. The van der Waals surface area contributed by atoms with Crippen LogP contribution in [0.4, 0.5) is 0 Å². The average molecular weight is 284 g/mol. The Kier molecular flexibility index (Phi) is 5.52. The molecule has 0 saturated heterocycles. The van der Waals surface area contributed by atoms with Crippen molar-refractivity contribution in [1.82, 2.24) is 0 Å². The van der Waals surface area contributed by atoms with Crippen molar-refractivity contribution in [3.8, 4) is 0 Å². The molecular formula is C18H20O3. The Labute approximate surface area is 125 Å². The van der Waals surface area contributed by atoms with E-state index in [2.05, 4.69) is 0 Å². The molecule has 3 nitrogen and oxygen atoms in total. The standard InChI is InChI=1S/C18H20O3/c1-14-7-5-6-10-16(14)11-17(18(19)20)13-21-12-15-8-3-2-4-9-15/h2-10,17H,11-13H2,1H3,(H,19,20). The van der Waals surface area contributed by atoms with E-state index in [0.717, 1.165) is 16.7 Å². The van der Waals surface area contributed by atoms with Gasteiger partial charge in [0.25, 0.3) is 0 Å². The Balaban J connectivity index is 1.91. The predicted molar refractivity (Wildman–Crippen MR) is 82.1 cm³/mol. The van der Waals surface area contributed by atoms with Gasteiger partial charge >= 0.3 is 5.97 Å². The van der Waals surface area contributed by atoms with Gasteiger partial charge in [-0.1, -0.05) is 54.6 Å². The van der Waals surface area contributed by atoms with Gasteiger partial charge in [-0.2, -0.15) is 0 Å². The number of carboxylic acids is 1. The molecule has 0 fully saturated rings. The van der Waals surface area contributed by atoms with Crippen LogP contribution >= 0.6 is 0 Å². The van der Waals surface area contributed by atoms with Crippen molar-refractivity contribution in [1.29, 1.82) is 0 Å². The molecule has 2 aromatic rings. The first-order valence-corrected chi connectivity index (χ1v) is 7.06. The Morgan fingerprint density at radius 1 is 1.10 bits per heavy atom. The van der Waals surface area contributed by atoms with E-state index in [1.54, 1.807) is 0 Å². The van der Waals surface area contributed by atoms with Crippen LogP contribution < -0.4 is 0 Å². The first-order valence-electron chi connectivity index (χ1n) is 7.06. The molecule has 0 aliphatic rings. The third-order valence-electron chi connectivity index (χ3n) is 3.51. The smallest absolute Gasteiger partial charge is 0.309 e. The fourth-order valence-corrected chi connectivity index (χ4v) is 2.22. The first kappa shape index (κ1) is 15.3. The molecule has 1 N–H and O–H groups in total. The number of aliphatic carboxylic acids is 1. The zero-order chi connectivity index (χ0) is 15.1. The third-order valence-corrected chi connectivity index (χ3v) is 3.51. The van der Waals surface area contributed by atoms with E-state index in [9.17, 15) is 9.90 Å². The van der Waals surface area contributed by atoms with E-state index < -0.39 is 11.9 Å². The highest BCUT2D eigenvalue weighted by molar-refractivity contribution is 5.70. The normalized spacial score (nSPS) is 12.0. The number of carbonyl (C=O) groups is 1. The van der Waals surface area contributed by atoms with Crippen LogP contribution in [0.3, 0.4) is 0 Å². The summed E-state index contributed by atoms with van der Waals surface area (Å²) in [5, 5.41) is 9.34. The van der Waals surface area contributed by atoms with Gasteiger partial charge in [-0.05, 0) is 30.0 Å². The summed E-state index contributed by atoms with van der Waals surface area (Å²) in [7, 11) is 0. The number of benzene rings is 2. The van der Waals surface area contributed by atoms with Crippen molar-refractivity contribution < 1.29 is 14.6 Å². The number of rotatable bonds is 7. The molecule has 2 rings (SSSR count). The zero-order valence-electron chi connectivity index (χ0n) is 12.2. The zero-order valence-corrected chi connectivity index (χ0v) is 12.2. The van der Waals surface area contributed by atoms with Gasteiger partial charge in [-0.3, -0.25) is 4.79 Å². The number of ether oxygens (including phenoxy) is 1. The minimum atomic E-state index is -0.814. The molecule has 0 bridgehead atoms. The fraction of sp³-hybridized carbons (Fsp3) is 0.278. The molecule has 0 aromatic heterocycles. The lowest BCUT2D eigenvalue weighted by atomic mass is 9.97. The maximum Gasteiger partial charge on any atom is 0.309 e. The highest BCUT2D eigenvalue weighted by Crippen LogP contribution is 2.14. The van der Waals surface area contributed by atoms with E-state index in [1.165, 1.54) is 0 Å². The summed E-state index contributed by atoms with van der Waals surface area (Å²) < 4.78 is 5.57. The molecule has 0 aliphatic carbocycles. The number of hydrogen-bond acceptors (Lipinski definition) is 2. The van der Waals surface area contributed by atoms with Gasteiger partial charge < -0.3 is 9.84 Å². The summed E-state index contributed by atoms with van der Waals surface area (Å²) in [5.74, 6) is -1.33. The minimum absolute atomic E-state index is 0.221. The van der Waals surface area contributed by atoms with Crippen LogP contribution in [0.5, 0.6) is 0 Å². The van der Waals surface area contributed by atoms with Gasteiger partial charge in [0.2, 0.25) is 0 Å². The average Bonchev–Trinajstić information content (AvgIpc) is 2.49. The summed E-state index contributed by atoms with van der Waals surface area (Å²) in [5.41, 5.74) is 3.23. The molecule has 0 amide bonds. The van der Waals surface area contributed by atoms with Crippen molar-refractivity contribution in [2.75, 3.05) is 6.61 Å². The van der Waals surface area contributed by atoms with Crippen LogP contribution in [0, 0.1) is 12.8 Å². The lowest BCUT2D eigenvalue weighted by molar-refractivity contribution is -0.144. The van der Waals surface area contributed by atoms with Gasteiger partial charge in [0.1, 0.15) is 0 Å². The van der Waals surface area contributed by atoms with E-state index in [-0.39, 0.29) is 6.61 Å². The molecular weight excluding hydrogens is 264 g/mol. The quantitative estimate of drug-likeness (QED) is 0.847. The maximum absolute atomic E-state index is 11.4. The van der Waals surface area contributed by atoms with Crippen LogP contribution in [0.25, 0.3) is 0 Å². The summed E-state index contributed by atoms with van der Waals surface area (Å²) in [4.78, 5) is 11.4. The molecule has 21 heavy (non-hydrogen) atoms. The van der Waals surface area contributed by atoms with Gasteiger partial charge in [-0.25, -0.2) is 0 Å². The number of carboxylic acid groups (broad SMARTS) is 1. The fourth-order valence-electron chi connectivity index (χ4n) is 2.22. The molecule has 1 unspecified atom stereocenters. The molecule has 0 heterocycles. The topological polar surface area (TPSA) is 46.5 Å². The third kappa shape index (κ3) is 4.72. The van der Waals surface area contributed by atoms with E-state index >= 15 is 0 Å². The second-order valence-corrected chi connectivity index (χ2v) is 5.17. The van der Waals surface area contributed by atoms with Crippen LogP contribution in [0.15, 0.2) is 54.6 Å². The SMILES string of the molecule is Cc1ccccc1CC(COCc1ccccc1)C(=O)O. The van der Waals surface area contributed by atoms with Crippen LogP contribution in [-0.2, 0) is 22.6 Å². The monoisotopic (exact) mass is 284 g/mol. The van der Waals surface area contributed by atoms with Crippen LogP contribution in [-0.4, -0.2) is 17.7 Å². The lowest BCUT2D eigenvalue weighted by Gasteiger charge is -2.14. The Morgan fingerprint density at radius 3 is 2.43 bits per heavy atom. The molecule has 0 aliphatic heterocycles. The van der Waals surface area contributed by atoms with E-state index in [1.807, 2.05) is 61.5 Å². The van der Waals surface area contributed by atoms with Crippen LogP contribution in [0.2, 0.25) is 0 Å². The molecule has 0 radical (unpaired) electrons. The lowest BCUT2D eigenvalue weighted by Crippen LogP contribution is -2.22. The van der Waals surface area contributed by atoms with Gasteiger partial charge in [0, 0.05) is 0 Å². The number of hydrogen-bond donors (Lipinski definition) is 1. The highest BCUT2D eigenvalue weighted by Gasteiger charge is 2.19. The predicted octanol–water partition coefficient (Wildman–Crippen LogP) is 3.46. The van der Waals surface area contributed by atoms with Crippen molar-refractivity contribution in [2.45, 2.75) is 20.0 Å². The summed E-state index contributed by atoms with van der Waals surface area (Å²) in [6.45, 7) is 2.66. The Hall–Kier alpha value is -2.13. The van der Waals surface area contributed by atoms with Crippen molar-refractivity contribution >= 4 is 5.97 Å².